The van der Waals surface area contributed by atoms with Crippen molar-refractivity contribution in [2.45, 2.75) is 187 Å². The highest BCUT2D eigenvalue weighted by molar-refractivity contribution is 7.47. The summed E-state index contributed by atoms with van der Waals surface area (Å²) in [6.45, 7) is 8.54. The van der Waals surface area contributed by atoms with Gasteiger partial charge in [0, 0.05) is 25.7 Å². The molecule has 0 aromatic carbocycles. The number of phosphoric ester groups is 1. The van der Waals surface area contributed by atoms with Crippen LogP contribution in [-0.4, -0.2) is 87.1 Å². The average Bonchev–Trinajstić information content (AvgIpc) is 3.89. The molecule has 3 unspecified atom stereocenters. The zero-order valence-corrected chi connectivity index (χ0v) is 39.5. The van der Waals surface area contributed by atoms with E-state index in [0.717, 1.165) is 75.7 Å². The van der Waals surface area contributed by atoms with E-state index in [0.29, 0.717) is 42.5 Å². The predicted octanol–water partition coefficient (Wildman–Crippen LogP) is 11.6. The summed E-state index contributed by atoms with van der Waals surface area (Å²) in [7, 11) is 1.41. The molecule has 1 aliphatic rings. The van der Waals surface area contributed by atoms with Crippen LogP contribution < -0.4 is 0 Å². The number of hydrogen-bond donors (Lipinski definition) is 1. The zero-order valence-electron chi connectivity index (χ0n) is 38.6. The van der Waals surface area contributed by atoms with Crippen LogP contribution in [0.4, 0.5) is 0 Å². The summed E-state index contributed by atoms with van der Waals surface area (Å²) in [5.74, 6) is 1.40. The van der Waals surface area contributed by atoms with Crippen LogP contribution in [0.2, 0.25) is 0 Å². The smallest absolute Gasteiger partial charge is 0.466 e. The molecular formula is C48H83NO10P+. The Bertz CT molecular complexity index is 1460. The van der Waals surface area contributed by atoms with E-state index in [2.05, 4.69) is 58.1 Å². The number of ether oxygens (including phenoxy) is 3. The van der Waals surface area contributed by atoms with Gasteiger partial charge in [0.2, 0.25) is 0 Å². The Hall–Kier alpha value is -2.53. The van der Waals surface area contributed by atoms with Gasteiger partial charge in [0.15, 0.2) is 6.10 Å². The fourth-order valence-electron chi connectivity index (χ4n) is 6.79. The number of allylic oxidation sites excluding steroid dienone is 5. The van der Waals surface area contributed by atoms with Crippen molar-refractivity contribution in [3.8, 4) is 0 Å². The summed E-state index contributed by atoms with van der Waals surface area (Å²) in [5.41, 5.74) is 2.63. The number of nitrogens with zero attached hydrogens (tertiary/aromatic N) is 1. The van der Waals surface area contributed by atoms with Crippen molar-refractivity contribution < 1.29 is 51.2 Å². The van der Waals surface area contributed by atoms with Gasteiger partial charge in [-0.3, -0.25) is 18.6 Å². The number of carbonyl (C=O) groups excluding carboxylic acids is 2. The number of phosphoric acid groups is 1. The molecule has 60 heavy (non-hydrogen) atoms. The third kappa shape index (κ3) is 26.7. The number of quaternary nitrogens is 1. The van der Waals surface area contributed by atoms with Crippen molar-refractivity contribution in [2.24, 2.45) is 0 Å². The monoisotopic (exact) mass is 865 g/mol. The molecular weight excluding hydrogens is 781 g/mol. The van der Waals surface area contributed by atoms with Gasteiger partial charge in [-0.25, -0.2) is 4.57 Å². The molecule has 0 spiro atoms. The molecule has 0 saturated carbocycles. The van der Waals surface area contributed by atoms with E-state index in [1.807, 2.05) is 27.2 Å². The summed E-state index contributed by atoms with van der Waals surface area (Å²) in [4.78, 5) is 35.5. The largest absolute Gasteiger partial charge is 0.472 e. The van der Waals surface area contributed by atoms with Crippen LogP contribution in [0.3, 0.4) is 0 Å². The first-order valence-corrected chi connectivity index (χ1v) is 24.7. The minimum Gasteiger partial charge on any atom is -0.466 e. The Morgan fingerprint density at radius 2 is 1.33 bits per heavy atom. The number of furan rings is 1. The molecule has 4 atom stereocenters. The quantitative estimate of drug-likeness (QED) is 0.0172. The van der Waals surface area contributed by atoms with Gasteiger partial charge in [0.1, 0.15) is 31.3 Å². The van der Waals surface area contributed by atoms with Crippen LogP contribution in [0, 0.1) is 13.8 Å². The van der Waals surface area contributed by atoms with E-state index >= 15 is 0 Å². The summed E-state index contributed by atoms with van der Waals surface area (Å²) >= 11 is 0. The van der Waals surface area contributed by atoms with E-state index in [1.165, 1.54) is 56.1 Å². The van der Waals surface area contributed by atoms with Crippen molar-refractivity contribution in [1.82, 2.24) is 0 Å². The van der Waals surface area contributed by atoms with Crippen molar-refractivity contribution in [2.75, 3.05) is 47.5 Å². The van der Waals surface area contributed by atoms with E-state index in [9.17, 15) is 19.0 Å². The molecule has 1 saturated heterocycles. The number of likely N-dealkylation sites (N-methyl/N-ethyl adjacent to an activating group) is 1. The lowest BCUT2D eigenvalue weighted by atomic mass is 10.0. The second kappa shape index (κ2) is 31.3. The van der Waals surface area contributed by atoms with E-state index in [-0.39, 0.29) is 26.1 Å². The normalized spacial score (nSPS) is 17.2. The summed E-state index contributed by atoms with van der Waals surface area (Å²) in [5, 5.41) is 0. The fourth-order valence-corrected chi connectivity index (χ4v) is 7.54. The molecule has 0 aliphatic carbocycles. The second-order valence-electron chi connectivity index (χ2n) is 17.4. The van der Waals surface area contributed by atoms with Gasteiger partial charge in [-0.1, -0.05) is 108 Å². The van der Waals surface area contributed by atoms with Crippen molar-refractivity contribution in [3.05, 3.63) is 59.1 Å². The first-order chi connectivity index (χ1) is 28.7. The van der Waals surface area contributed by atoms with Crippen LogP contribution in [0.25, 0.3) is 0 Å². The number of carbonyl (C=O) groups is 2. The van der Waals surface area contributed by atoms with Crippen molar-refractivity contribution in [3.63, 3.8) is 0 Å². The Kier molecular flexibility index (Phi) is 28.0. The maximum atomic E-state index is 12.7. The second-order valence-corrected chi connectivity index (χ2v) is 18.9. The Morgan fingerprint density at radius 1 is 0.717 bits per heavy atom. The molecule has 12 heteroatoms. The van der Waals surface area contributed by atoms with Crippen LogP contribution >= 0.6 is 7.82 Å². The summed E-state index contributed by atoms with van der Waals surface area (Å²) < 4.78 is 46.2. The molecule has 1 aromatic heterocycles. The highest BCUT2D eigenvalue weighted by atomic mass is 31.2. The van der Waals surface area contributed by atoms with Crippen LogP contribution in [0.15, 0.2) is 40.9 Å². The summed E-state index contributed by atoms with van der Waals surface area (Å²) in [6.07, 6.45) is 33.6. The van der Waals surface area contributed by atoms with Crippen molar-refractivity contribution >= 4 is 19.8 Å². The molecule has 1 aliphatic heterocycles. The number of hydrogen-bond acceptors (Lipinski definition) is 9. The third-order valence-corrected chi connectivity index (χ3v) is 11.8. The first kappa shape index (κ1) is 53.6. The molecule has 0 amide bonds. The lowest BCUT2D eigenvalue weighted by molar-refractivity contribution is -0.870. The zero-order chi connectivity index (χ0) is 44.1. The highest BCUT2D eigenvalue weighted by Gasteiger charge is 2.36. The van der Waals surface area contributed by atoms with E-state index < -0.39 is 32.5 Å². The molecule has 2 heterocycles. The molecule has 0 bridgehead atoms. The predicted molar refractivity (Wildman–Crippen MR) is 241 cm³/mol. The van der Waals surface area contributed by atoms with Gasteiger partial charge in [-0.15, -0.1) is 0 Å². The number of aryl methyl sites for hydroxylation is 2. The molecule has 1 N–H and O–H groups in total. The van der Waals surface area contributed by atoms with Gasteiger partial charge in [-0.05, 0) is 82.8 Å². The van der Waals surface area contributed by atoms with Gasteiger partial charge >= 0.3 is 19.8 Å². The van der Waals surface area contributed by atoms with Gasteiger partial charge < -0.3 is 28.0 Å². The molecule has 344 valence electrons. The fraction of sp³-hybridized carbons (Fsp3) is 0.750. The van der Waals surface area contributed by atoms with Gasteiger partial charge in [0.05, 0.1) is 40.0 Å². The third-order valence-electron chi connectivity index (χ3n) is 10.8. The van der Waals surface area contributed by atoms with Crippen molar-refractivity contribution in [1.29, 1.82) is 0 Å². The minimum absolute atomic E-state index is 0.0120. The number of rotatable bonds is 37. The lowest BCUT2D eigenvalue weighted by Crippen LogP contribution is -2.37. The topological polar surface area (TPSA) is 134 Å². The molecule has 11 nitrogen and oxygen atoms in total. The molecule has 1 fully saturated rings. The van der Waals surface area contributed by atoms with Crippen LogP contribution in [0.1, 0.15) is 165 Å². The highest BCUT2D eigenvalue weighted by Crippen LogP contribution is 2.43. The number of epoxide rings is 1. The first-order valence-electron chi connectivity index (χ1n) is 23.2. The SMILES string of the molecule is CCCCCC1OC1C/C=C\C/C=C\C/C=C\CCCC(=O)O[C@H](COC(=O)CCCCCCCCCCc1oc(CCC)c(C)c1C)COP(=O)(O)OCC[N+](C)(C)C. The average molecular weight is 865 g/mol. The molecule has 2 rings (SSSR count). The van der Waals surface area contributed by atoms with Crippen LogP contribution in [-0.2, 0) is 50.3 Å². The van der Waals surface area contributed by atoms with E-state index in [1.54, 1.807) is 0 Å². The maximum absolute atomic E-state index is 12.7. The number of unbranched alkanes of at least 4 members (excludes halogenated alkanes) is 10. The minimum atomic E-state index is -4.41. The Morgan fingerprint density at radius 3 is 2.00 bits per heavy atom. The standard InChI is InChI=1S/C48H82NO10P/c1-8-10-25-32-45-46(59-45)33-27-22-18-13-11-12-14-20-24-29-35-48(51)57-42(39-56-60(52,53)55-37-36-49(5,6)7)38-54-47(50)34-28-23-19-16-15-17-21-26-31-44-41(4)40(3)43(58-44)30-9-2/h11,13-14,20,22,27,42,45-46H,8-10,12,15-19,21,23-26,28-39H2,1-7H3/p+1/b13-11-,20-14-,27-22-/t42-,45?,46?/m1/s1. The van der Waals surface area contributed by atoms with Gasteiger partial charge in [-0.2, -0.15) is 0 Å². The molecule has 1 aromatic rings. The van der Waals surface area contributed by atoms with Gasteiger partial charge in [0.25, 0.3) is 0 Å². The Balaban J connectivity index is 1.63. The number of esters is 2. The van der Waals surface area contributed by atoms with Crippen LogP contribution in [0.5, 0.6) is 0 Å². The Labute approximate surface area is 363 Å². The van der Waals surface area contributed by atoms with E-state index in [4.69, 9.17) is 27.7 Å². The lowest BCUT2D eigenvalue weighted by Gasteiger charge is -2.24. The maximum Gasteiger partial charge on any atom is 0.472 e. The summed E-state index contributed by atoms with van der Waals surface area (Å²) in [6, 6.07) is 0. The molecule has 0 radical (unpaired) electrons.